The van der Waals surface area contributed by atoms with Crippen LogP contribution in [0.3, 0.4) is 0 Å². The van der Waals surface area contributed by atoms with Crippen LogP contribution in [0.25, 0.3) is 0 Å². The van der Waals surface area contributed by atoms with Gasteiger partial charge in [-0.1, -0.05) is 13.8 Å². The minimum Gasteiger partial charge on any atom is -0.465 e. The summed E-state index contributed by atoms with van der Waals surface area (Å²) in [5.74, 6) is -0.0680. The van der Waals surface area contributed by atoms with E-state index < -0.39 is 5.97 Å². The Hall–Kier alpha value is -2.17. The molecule has 0 aliphatic heterocycles. The van der Waals surface area contributed by atoms with Crippen molar-refractivity contribution in [2.45, 2.75) is 40.0 Å². The Morgan fingerprint density at radius 1 is 1.00 bits per heavy atom. The molecular weight excluding hydrogens is 284 g/mol. The molecule has 0 heterocycles. The van der Waals surface area contributed by atoms with Crippen LogP contribution in [0, 0.1) is 5.92 Å². The second kappa shape index (κ2) is 8.97. The van der Waals surface area contributed by atoms with Crippen LogP contribution in [0.2, 0.25) is 0 Å². The number of hydrogen-bond donors (Lipinski definition) is 0. The molecule has 0 aliphatic rings. The first-order valence-corrected chi connectivity index (χ1v) is 7.35. The highest BCUT2D eigenvalue weighted by Gasteiger charge is 2.09. The number of Topliss-reactive ketones (excluding diaryl/α,β-unsaturated/α-hetero) is 1. The molecule has 0 bridgehead atoms. The minimum atomic E-state index is -0.410. The van der Waals surface area contributed by atoms with Crippen molar-refractivity contribution in [3.63, 3.8) is 0 Å². The number of carbonyl (C=O) groups excluding carboxylic acids is 3. The maximum absolute atomic E-state index is 11.6. The molecular formula is C17H22O5. The van der Waals surface area contributed by atoms with E-state index in [0.717, 1.165) is 0 Å². The second-order valence-corrected chi connectivity index (χ2v) is 5.49. The normalized spacial score (nSPS) is 10.4. The van der Waals surface area contributed by atoms with Gasteiger partial charge in [-0.3, -0.25) is 14.4 Å². The second-order valence-electron chi connectivity index (χ2n) is 5.49. The summed E-state index contributed by atoms with van der Waals surface area (Å²) in [5.41, 5.74) is 0.563. The molecule has 0 aliphatic carbocycles. The molecule has 0 saturated carbocycles. The molecule has 0 atom stereocenters. The first-order chi connectivity index (χ1) is 10.4. The first kappa shape index (κ1) is 17.9. The van der Waals surface area contributed by atoms with E-state index in [2.05, 4.69) is 0 Å². The molecule has 0 amide bonds. The highest BCUT2D eigenvalue weighted by atomic mass is 16.5. The third-order valence-corrected chi connectivity index (χ3v) is 2.83. The van der Waals surface area contributed by atoms with Gasteiger partial charge >= 0.3 is 11.9 Å². The van der Waals surface area contributed by atoms with Crippen LogP contribution in [0.4, 0.5) is 0 Å². The molecule has 5 nitrogen and oxygen atoms in total. The van der Waals surface area contributed by atoms with Gasteiger partial charge in [0, 0.05) is 18.4 Å². The Labute approximate surface area is 130 Å². The minimum absolute atomic E-state index is 0.0437. The zero-order valence-corrected chi connectivity index (χ0v) is 13.3. The molecule has 5 heteroatoms. The lowest BCUT2D eigenvalue weighted by Crippen LogP contribution is -2.12. The molecule has 0 fully saturated rings. The van der Waals surface area contributed by atoms with E-state index in [9.17, 15) is 14.4 Å². The Kier molecular flexibility index (Phi) is 7.29. The summed E-state index contributed by atoms with van der Waals surface area (Å²) >= 11 is 0. The number of ether oxygens (including phenoxy) is 2. The topological polar surface area (TPSA) is 69.7 Å². The highest BCUT2D eigenvalue weighted by Crippen LogP contribution is 2.14. The van der Waals surface area contributed by atoms with Crippen molar-refractivity contribution < 1.29 is 23.9 Å². The van der Waals surface area contributed by atoms with E-state index in [-0.39, 0.29) is 24.6 Å². The summed E-state index contributed by atoms with van der Waals surface area (Å²) in [4.78, 5) is 34.1. The number of hydrogen-bond acceptors (Lipinski definition) is 5. The molecule has 22 heavy (non-hydrogen) atoms. The smallest absolute Gasteiger partial charge is 0.311 e. The Morgan fingerprint density at radius 2 is 1.59 bits per heavy atom. The summed E-state index contributed by atoms with van der Waals surface area (Å²) < 4.78 is 10.1. The van der Waals surface area contributed by atoms with Gasteiger partial charge in [-0.2, -0.15) is 0 Å². The van der Waals surface area contributed by atoms with Crippen LogP contribution >= 0.6 is 0 Å². The fourth-order valence-electron chi connectivity index (χ4n) is 1.65. The first-order valence-electron chi connectivity index (χ1n) is 7.35. The summed E-state index contributed by atoms with van der Waals surface area (Å²) in [6.45, 7) is 5.79. The predicted octanol–water partition coefficient (Wildman–Crippen LogP) is 3.16. The third kappa shape index (κ3) is 7.02. The van der Waals surface area contributed by atoms with Gasteiger partial charge in [0.15, 0.2) is 5.78 Å². The summed E-state index contributed by atoms with van der Waals surface area (Å²) in [5, 5.41) is 0. The van der Waals surface area contributed by atoms with Crippen LogP contribution in [0.15, 0.2) is 24.3 Å². The lowest BCUT2D eigenvalue weighted by Gasteiger charge is -2.07. The van der Waals surface area contributed by atoms with Crippen molar-refractivity contribution in [2.75, 3.05) is 6.61 Å². The zero-order chi connectivity index (χ0) is 16.5. The zero-order valence-electron chi connectivity index (χ0n) is 13.3. The SMILES string of the molecule is CC(=O)c1ccc(OC(=O)CCCC(=O)OCC(C)C)cc1. The molecule has 0 radical (unpaired) electrons. The number of esters is 2. The van der Waals surface area contributed by atoms with Crippen molar-refractivity contribution >= 4 is 17.7 Å². The lowest BCUT2D eigenvalue weighted by atomic mass is 10.1. The Morgan fingerprint density at radius 3 is 2.14 bits per heavy atom. The maximum Gasteiger partial charge on any atom is 0.311 e. The number of ketones is 1. The van der Waals surface area contributed by atoms with Crippen LogP contribution in [0.1, 0.15) is 50.4 Å². The van der Waals surface area contributed by atoms with Gasteiger partial charge in [0.05, 0.1) is 6.61 Å². The van der Waals surface area contributed by atoms with Crippen LogP contribution < -0.4 is 4.74 Å². The van der Waals surface area contributed by atoms with E-state index >= 15 is 0 Å². The summed E-state index contributed by atoms with van der Waals surface area (Å²) in [6.07, 6.45) is 0.734. The van der Waals surface area contributed by atoms with Crippen molar-refractivity contribution in [3.8, 4) is 5.75 Å². The highest BCUT2D eigenvalue weighted by molar-refractivity contribution is 5.94. The summed E-state index contributed by atoms with van der Waals surface area (Å²) in [6, 6.07) is 6.36. The van der Waals surface area contributed by atoms with Crippen LogP contribution in [-0.2, 0) is 14.3 Å². The molecule has 120 valence electrons. The average Bonchev–Trinajstić information content (AvgIpc) is 2.45. The van der Waals surface area contributed by atoms with Crippen molar-refractivity contribution in [1.29, 1.82) is 0 Å². The lowest BCUT2D eigenvalue weighted by molar-refractivity contribution is -0.145. The molecule has 0 aromatic heterocycles. The van der Waals surface area contributed by atoms with Gasteiger partial charge in [-0.05, 0) is 43.5 Å². The molecule has 1 aromatic carbocycles. The Balaban J connectivity index is 2.28. The monoisotopic (exact) mass is 306 g/mol. The maximum atomic E-state index is 11.6. The van der Waals surface area contributed by atoms with Crippen LogP contribution in [0.5, 0.6) is 5.75 Å². The number of benzene rings is 1. The van der Waals surface area contributed by atoms with Crippen molar-refractivity contribution in [3.05, 3.63) is 29.8 Å². The van der Waals surface area contributed by atoms with Gasteiger partial charge in [-0.15, -0.1) is 0 Å². The molecule has 1 aromatic rings. The molecule has 1 rings (SSSR count). The van der Waals surface area contributed by atoms with E-state index in [1.165, 1.54) is 6.92 Å². The molecule has 0 saturated heterocycles. The van der Waals surface area contributed by atoms with E-state index in [4.69, 9.17) is 9.47 Å². The standard InChI is InChI=1S/C17H22O5/c1-12(2)11-21-16(19)5-4-6-17(20)22-15-9-7-14(8-10-15)13(3)18/h7-10,12H,4-6,11H2,1-3H3. The van der Waals surface area contributed by atoms with Gasteiger partial charge in [0.1, 0.15) is 5.75 Å². The van der Waals surface area contributed by atoms with E-state index in [1.807, 2.05) is 13.8 Å². The van der Waals surface area contributed by atoms with E-state index in [1.54, 1.807) is 24.3 Å². The van der Waals surface area contributed by atoms with Gasteiger partial charge < -0.3 is 9.47 Å². The molecule has 0 N–H and O–H groups in total. The van der Waals surface area contributed by atoms with Crippen molar-refractivity contribution in [1.82, 2.24) is 0 Å². The Bertz CT molecular complexity index is 516. The van der Waals surface area contributed by atoms with Gasteiger partial charge in [0.2, 0.25) is 0 Å². The molecule has 0 spiro atoms. The largest absolute Gasteiger partial charge is 0.465 e. The van der Waals surface area contributed by atoms with Gasteiger partial charge in [0.25, 0.3) is 0 Å². The van der Waals surface area contributed by atoms with Gasteiger partial charge in [-0.25, -0.2) is 0 Å². The fourth-order valence-corrected chi connectivity index (χ4v) is 1.65. The molecule has 0 unspecified atom stereocenters. The average molecular weight is 306 g/mol. The third-order valence-electron chi connectivity index (χ3n) is 2.83. The number of rotatable bonds is 8. The number of carbonyl (C=O) groups is 3. The van der Waals surface area contributed by atoms with Crippen molar-refractivity contribution in [2.24, 2.45) is 5.92 Å². The van der Waals surface area contributed by atoms with E-state index in [0.29, 0.717) is 30.3 Å². The predicted molar refractivity (Wildman–Crippen MR) is 81.7 cm³/mol. The van der Waals surface area contributed by atoms with Crippen LogP contribution in [-0.4, -0.2) is 24.3 Å². The summed E-state index contributed by atoms with van der Waals surface area (Å²) in [7, 11) is 0. The fraction of sp³-hybridized carbons (Fsp3) is 0.471. The quantitative estimate of drug-likeness (QED) is 0.419.